The van der Waals surface area contributed by atoms with E-state index in [9.17, 15) is 4.79 Å². The topological polar surface area (TPSA) is 35.5 Å². The van der Waals surface area contributed by atoms with Crippen LogP contribution in [0.3, 0.4) is 0 Å². The minimum absolute atomic E-state index is 0.0672. The molecule has 0 spiro atoms. The SMILES string of the molecule is COc1ccc(/C=C/c2c(OC)ccc3c2CC[C@@H]2[C@@H]3CC[C@@]3(C)C(=O)CC[C@@H]23)cc1. The van der Waals surface area contributed by atoms with Gasteiger partial charge in [0.15, 0.2) is 0 Å². The highest BCUT2D eigenvalue weighted by atomic mass is 16.5. The molecule has 0 saturated heterocycles. The van der Waals surface area contributed by atoms with Gasteiger partial charge < -0.3 is 9.47 Å². The van der Waals surface area contributed by atoms with Crippen LogP contribution in [0.4, 0.5) is 0 Å². The Kier molecular flexibility index (Phi) is 5.16. The zero-order chi connectivity index (χ0) is 21.6. The fraction of sp³-hybridized carbons (Fsp3) is 0.464. The number of benzene rings is 2. The third-order valence-corrected chi connectivity index (χ3v) is 8.40. The molecule has 0 N–H and O–H groups in total. The second kappa shape index (κ2) is 7.85. The molecule has 0 bridgehead atoms. The number of ether oxygens (including phenoxy) is 2. The second-order valence-corrected chi connectivity index (χ2v) is 9.69. The van der Waals surface area contributed by atoms with E-state index in [2.05, 4.69) is 43.3 Å². The largest absolute Gasteiger partial charge is 0.497 e. The Bertz CT molecular complexity index is 1020. The predicted molar refractivity (Wildman–Crippen MR) is 125 cm³/mol. The summed E-state index contributed by atoms with van der Waals surface area (Å²) in [6.45, 7) is 2.25. The van der Waals surface area contributed by atoms with Crippen LogP contribution >= 0.6 is 0 Å². The van der Waals surface area contributed by atoms with Gasteiger partial charge in [0, 0.05) is 17.4 Å². The van der Waals surface area contributed by atoms with Crippen molar-refractivity contribution in [3.05, 3.63) is 58.7 Å². The van der Waals surface area contributed by atoms with E-state index in [4.69, 9.17) is 9.47 Å². The third-order valence-electron chi connectivity index (χ3n) is 8.40. The van der Waals surface area contributed by atoms with E-state index in [1.807, 2.05) is 12.1 Å². The molecule has 31 heavy (non-hydrogen) atoms. The summed E-state index contributed by atoms with van der Waals surface area (Å²) in [6, 6.07) is 12.6. The minimum atomic E-state index is -0.0672. The van der Waals surface area contributed by atoms with Gasteiger partial charge in [-0.3, -0.25) is 4.79 Å². The van der Waals surface area contributed by atoms with Crippen molar-refractivity contribution in [2.45, 2.75) is 51.4 Å². The molecule has 5 rings (SSSR count). The summed E-state index contributed by atoms with van der Waals surface area (Å²) < 4.78 is 11.0. The average Bonchev–Trinajstić information content (AvgIpc) is 3.11. The lowest BCUT2D eigenvalue weighted by Gasteiger charge is -2.48. The monoisotopic (exact) mass is 416 g/mol. The van der Waals surface area contributed by atoms with E-state index in [1.54, 1.807) is 14.2 Å². The van der Waals surface area contributed by atoms with Crippen molar-refractivity contribution in [3.63, 3.8) is 0 Å². The fourth-order valence-corrected chi connectivity index (χ4v) is 6.70. The Morgan fingerprint density at radius 1 is 0.935 bits per heavy atom. The minimum Gasteiger partial charge on any atom is -0.497 e. The molecule has 0 aliphatic heterocycles. The standard InChI is InChI=1S/C28H32O3/c1-28-17-16-22-20-12-14-26(31-3)24(9-6-18-4-7-19(30-2)8-5-18)21(20)10-11-23(22)25(28)13-15-27(28)29/h4-9,12,14,22-23,25H,10-11,13,15-17H2,1-3H3/b9-6+/t22-,23-,25+,28-/m1/s1. The highest BCUT2D eigenvalue weighted by Crippen LogP contribution is 2.60. The molecule has 2 saturated carbocycles. The lowest BCUT2D eigenvalue weighted by molar-refractivity contribution is -0.129. The smallest absolute Gasteiger partial charge is 0.139 e. The molecule has 0 heterocycles. The summed E-state index contributed by atoms with van der Waals surface area (Å²) in [5, 5.41) is 0. The van der Waals surface area contributed by atoms with Crippen LogP contribution in [0, 0.1) is 17.3 Å². The van der Waals surface area contributed by atoms with Crippen LogP contribution in [0.15, 0.2) is 36.4 Å². The van der Waals surface area contributed by atoms with Gasteiger partial charge in [-0.15, -0.1) is 0 Å². The maximum absolute atomic E-state index is 12.6. The van der Waals surface area contributed by atoms with Crippen molar-refractivity contribution in [1.82, 2.24) is 0 Å². The summed E-state index contributed by atoms with van der Waals surface area (Å²) >= 11 is 0. The Morgan fingerprint density at radius 3 is 2.48 bits per heavy atom. The molecule has 0 unspecified atom stereocenters. The summed E-state index contributed by atoms with van der Waals surface area (Å²) in [4.78, 5) is 12.6. The lowest BCUT2D eigenvalue weighted by atomic mass is 9.55. The molecule has 2 aromatic rings. The van der Waals surface area contributed by atoms with Crippen LogP contribution in [0.2, 0.25) is 0 Å². The van der Waals surface area contributed by atoms with E-state index in [0.717, 1.165) is 49.2 Å². The third kappa shape index (κ3) is 3.30. The first kappa shape index (κ1) is 20.4. The molecule has 162 valence electrons. The van der Waals surface area contributed by atoms with Gasteiger partial charge in [0.2, 0.25) is 0 Å². The number of hydrogen-bond acceptors (Lipinski definition) is 3. The van der Waals surface area contributed by atoms with Gasteiger partial charge in [0.1, 0.15) is 17.3 Å². The van der Waals surface area contributed by atoms with E-state index in [0.29, 0.717) is 23.5 Å². The van der Waals surface area contributed by atoms with Crippen LogP contribution in [0.5, 0.6) is 11.5 Å². The fourth-order valence-electron chi connectivity index (χ4n) is 6.70. The molecule has 3 aliphatic rings. The molecular formula is C28H32O3. The molecule has 0 amide bonds. The van der Waals surface area contributed by atoms with E-state index >= 15 is 0 Å². The highest BCUT2D eigenvalue weighted by molar-refractivity contribution is 5.87. The van der Waals surface area contributed by atoms with E-state index in [1.165, 1.54) is 23.1 Å². The molecule has 0 aromatic heterocycles. The lowest BCUT2D eigenvalue weighted by Crippen LogP contribution is -2.42. The summed E-state index contributed by atoms with van der Waals surface area (Å²) in [5.74, 6) is 4.11. The maximum Gasteiger partial charge on any atom is 0.139 e. The van der Waals surface area contributed by atoms with Gasteiger partial charge >= 0.3 is 0 Å². The number of carbonyl (C=O) groups excluding carboxylic acids is 1. The first-order chi connectivity index (χ1) is 15.0. The van der Waals surface area contributed by atoms with Gasteiger partial charge in [-0.25, -0.2) is 0 Å². The molecule has 3 nitrogen and oxygen atoms in total. The first-order valence-corrected chi connectivity index (χ1v) is 11.6. The molecule has 3 heteroatoms. The van der Waals surface area contributed by atoms with E-state index in [-0.39, 0.29) is 5.41 Å². The van der Waals surface area contributed by atoms with Crippen LogP contribution in [0.25, 0.3) is 12.2 Å². The van der Waals surface area contributed by atoms with Crippen LogP contribution in [0.1, 0.15) is 67.2 Å². The number of ketones is 1. The summed E-state index contributed by atoms with van der Waals surface area (Å²) in [7, 11) is 3.45. The zero-order valence-corrected chi connectivity index (χ0v) is 18.8. The summed E-state index contributed by atoms with van der Waals surface area (Å²) in [5.41, 5.74) is 5.23. The molecule has 3 aliphatic carbocycles. The number of carbonyl (C=O) groups is 1. The highest BCUT2D eigenvalue weighted by Gasteiger charge is 2.54. The number of hydrogen-bond donors (Lipinski definition) is 0. The molecule has 2 fully saturated rings. The van der Waals surface area contributed by atoms with Gasteiger partial charge in [0.25, 0.3) is 0 Å². The number of fused-ring (bicyclic) bond motifs is 5. The van der Waals surface area contributed by atoms with Gasteiger partial charge in [-0.1, -0.05) is 37.3 Å². The average molecular weight is 417 g/mol. The summed E-state index contributed by atoms with van der Waals surface area (Å²) in [6.07, 6.45) is 10.7. The van der Waals surface area contributed by atoms with Crippen molar-refractivity contribution < 1.29 is 14.3 Å². The quantitative estimate of drug-likeness (QED) is 0.549. The molecule has 4 atom stereocenters. The zero-order valence-electron chi connectivity index (χ0n) is 18.8. The number of rotatable bonds is 4. The second-order valence-electron chi connectivity index (χ2n) is 9.69. The van der Waals surface area contributed by atoms with Crippen molar-refractivity contribution in [2.24, 2.45) is 17.3 Å². The van der Waals surface area contributed by atoms with Gasteiger partial charge in [0.05, 0.1) is 14.2 Å². The maximum atomic E-state index is 12.6. The Morgan fingerprint density at radius 2 is 1.74 bits per heavy atom. The van der Waals surface area contributed by atoms with Crippen molar-refractivity contribution in [3.8, 4) is 11.5 Å². The van der Waals surface area contributed by atoms with Crippen molar-refractivity contribution in [1.29, 1.82) is 0 Å². The Balaban J connectivity index is 1.49. The Hall–Kier alpha value is -2.55. The van der Waals surface area contributed by atoms with Crippen LogP contribution in [-0.4, -0.2) is 20.0 Å². The van der Waals surface area contributed by atoms with E-state index < -0.39 is 0 Å². The normalized spacial score (nSPS) is 29.4. The van der Waals surface area contributed by atoms with Crippen molar-refractivity contribution >= 4 is 17.9 Å². The van der Waals surface area contributed by atoms with Gasteiger partial charge in [-0.05, 0) is 84.7 Å². The Labute approximate surface area is 185 Å². The number of Topliss-reactive ketones (excluding diaryl/α,β-unsaturated/α-hetero) is 1. The van der Waals surface area contributed by atoms with Crippen molar-refractivity contribution in [2.75, 3.05) is 14.2 Å². The molecule has 2 aromatic carbocycles. The predicted octanol–water partition coefficient (Wildman–Crippen LogP) is 6.30. The van der Waals surface area contributed by atoms with Crippen LogP contribution in [-0.2, 0) is 11.2 Å². The molecule has 0 radical (unpaired) electrons. The van der Waals surface area contributed by atoms with Crippen LogP contribution < -0.4 is 9.47 Å². The van der Waals surface area contributed by atoms with Gasteiger partial charge in [-0.2, -0.15) is 0 Å². The number of methoxy groups -OCH3 is 2. The first-order valence-electron chi connectivity index (χ1n) is 11.6. The molecular weight excluding hydrogens is 384 g/mol.